The van der Waals surface area contributed by atoms with E-state index < -0.39 is 0 Å². The summed E-state index contributed by atoms with van der Waals surface area (Å²) < 4.78 is 0. The van der Waals surface area contributed by atoms with Crippen molar-refractivity contribution >= 4 is 29.2 Å². The molecule has 0 bridgehead atoms. The average Bonchev–Trinajstić information content (AvgIpc) is 2.45. The summed E-state index contributed by atoms with van der Waals surface area (Å²) in [5.41, 5.74) is 5.90. The highest BCUT2D eigenvalue weighted by Gasteiger charge is 2.08. The van der Waals surface area contributed by atoms with E-state index in [0.29, 0.717) is 11.3 Å². The fraction of sp³-hybridized carbons (Fsp3) is 0.0769. The third-order valence-corrected chi connectivity index (χ3v) is 3.27. The summed E-state index contributed by atoms with van der Waals surface area (Å²) in [6.45, 7) is 0. The highest BCUT2D eigenvalue weighted by molar-refractivity contribution is 7.99. The molecule has 1 aromatic heterocycles. The Labute approximate surface area is 124 Å². The van der Waals surface area contributed by atoms with E-state index in [-0.39, 0.29) is 28.2 Å². The molecule has 2 aromatic rings. The molecule has 1 heterocycles. The second-order valence-corrected chi connectivity index (χ2v) is 4.93. The fourth-order valence-electron chi connectivity index (χ4n) is 1.53. The number of amides is 1. The number of nitrogens with one attached hydrogen (secondary N) is 2. The SMILES string of the molecule is N#Cc1ccccc1NC(=O)CSc1nc(N)cc(=O)[nH]1. The number of nitrogen functional groups attached to an aromatic ring is 1. The number of carbonyl (C=O) groups is 1. The zero-order chi connectivity index (χ0) is 15.2. The van der Waals surface area contributed by atoms with Crippen LogP contribution in [0.1, 0.15) is 5.56 Å². The number of nitriles is 1. The van der Waals surface area contributed by atoms with Crippen LogP contribution < -0.4 is 16.6 Å². The van der Waals surface area contributed by atoms with Gasteiger partial charge in [0.2, 0.25) is 5.91 Å². The van der Waals surface area contributed by atoms with Gasteiger partial charge in [0.05, 0.1) is 17.0 Å². The lowest BCUT2D eigenvalue weighted by Crippen LogP contribution is -2.16. The first-order chi connectivity index (χ1) is 10.1. The molecule has 0 saturated heterocycles. The number of nitrogens with zero attached hydrogens (tertiary/aromatic N) is 2. The third kappa shape index (κ3) is 4.09. The lowest BCUT2D eigenvalue weighted by Gasteiger charge is -2.06. The quantitative estimate of drug-likeness (QED) is 0.570. The molecule has 0 aliphatic heterocycles. The van der Waals surface area contributed by atoms with Gasteiger partial charge in [-0.3, -0.25) is 9.59 Å². The number of thioether (sulfide) groups is 1. The molecule has 106 valence electrons. The summed E-state index contributed by atoms with van der Waals surface area (Å²) in [6.07, 6.45) is 0. The van der Waals surface area contributed by atoms with Gasteiger partial charge in [0, 0.05) is 6.07 Å². The molecule has 0 aliphatic rings. The minimum Gasteiger partial charge on any atom is -0.383 e. The summed E-state index contributed by atoms with van der Waals surface area (Å²) in [4.78, 5) is 29.4. The molecule has 2 rings (SSSR count). The van der Waals surface area contributed by atoms with Crippen molar-refractivity contribution in [3.8, 4) is 6.07 Å². The van der Waals surface area contributed by atoms with Crippen LogP contribution in [0.2, 0.25) is 0 Å². The molecule has 0 atom stereocenters. The first kappa shape index (κ1) is 14.6. The maximum Gasteiger partial charge on any atom is 0.253 e. The number of nitrogens with two attached hydrogens (primary N) is 1. The van der Waals surface area contributed by atoms with Crippen LogP contribution in [0.3, 0.4) is 0 Å². The molecular weight excluding hydrogens is 290 g/mol. The van der Waals surface area contributed by atoms with Gasteiger partial charge in [-0.2, -0.15) is 5.26 Å². The topological polar surface area (TPSA) is 125 Å². The number of benzene rings is 1. The molecule has 0 spiro atoms. The van der Waals surface area contributed by atoms with Gasteiger partial charge >= 0.3 is 0 Å². The first-order valence-electron chi connectivity index (χ1n) is 5.87. The molecule has 1 amide bonds. The molecule has 1 aromatic carbocycles. The van der Waals surface area contributed by atoms with Crippen molar-refractivity contribution in [3.05, 3.63) is 46.2 Å². The van der Waals surface area contributed by atoms with Crippen LogP contribution in [0.25, 0.3) is 0 Å². The lowest BCUT2D eigenvalue weighted by molar-refractivity contribution is -0.113. The van der Waals surface area contributed by atoms with Crippen LogP contribution in [0.4, 0.5) is 11.5 Å². The zero-order valence-electron chi connectivity index (χ0n) is 10.8. The number of H-pyrrole nitrogens is 1. The molecule has 0 unspecified atom stereocenters. The van der Waals surface area contributed by atoms with Crippen molar-refractivity contribution in [2.24, 2.45) is 0 Å². The van der Waals surface area contributed by atoms with E-state index in [9.17, 15) is 9.59 Å². The molecule has 4 N–H and O–H groups in total. The van der Waals surface area contributed by atoms with Crippen molar-refractivity contribution in [1.29, 1.82) is 5.26 Å². The van der Waals surface area contributed by atoms with E-state index in [2.05, 4.69) is 15.3 Å². The molecule has 0 saturated carbocycles. The van der Waals surface area contributed by atoms with Gasteiger partial charge in [-0.1, -0.05) is 23.9 Å². The van der Waals surface area contributed by atoms with Crippen molar-refractivity contribution in [2.45, 2.75) is 5.16 Å². The van der Waals surface area contributed by atoms with Crippen LogP contribution >= 0.6 is 11.8 Å². The molecule has 0 fully saturated rings. The number of carbonyl (C=O) groups excluding carboxylic acids is 1. The van der Waals surface area contributed by atoms with Crippen LogP contribution in [-0.4, -0.2) is 21.6 Å². The summed E-state index contributed by atoms with van der Waals surface area (Å²) in [6, 6.07) is 9.84. The van der Waals surface area contributed by atoms with Gasteiger partial charge in [0.15, 0.2) is 5.16 Å². The number of aromatic nitrogens is 2. The van der Waals surface area contributed by atoms with Crippen LogP contribution in [0, 0.1) is 11.3 Å². The van der Waals surface area contributed by atoms with Gasteiger partial charge in [-0.15, -0.1) is 0 Å². The minimum absolute atomic E-state index is 0.0339. The van der Waals surface area contributed by atoms with Gasteiger partial charge < -0.3 is 16.0 Å². The number of hydrogen-bond donors (Lipinski definition) is 3. The van der Waals surface area contributed by atoms with E-state index in [4.69, 9.17) is 11.0 Å². The third-order valence-electron chi connectivity index (χ3n) is 2.40. The van der Waals surface area contributed by atoms with E-state index in [0.717, 1.165) is 17.8 Å². The Kier molecular flexibility index (Phi) is 4.58. The van der Waals surface area contributed by atoms with Crippen LogP contribution in [-0.2, 0) is 4.79 Å². The summed E-state index contributed by atoms with van der Waals surface area (Å²) in [7, 11) is 0. The van der Waals surface area contributed by atoms with Gasteiger partial charge in [0.25, 0.3) is 5.56 Å². The standard InChI is InChI=1S/C13H11N5O2S/c14-6-8-3-1-2-4-9(8)16-12(20)7-21-13-17-10(15)5-11(19)18-13/h1-5H,7H2,(H,16,20)(H3,15,17,18,19). The van der Waals surface area contributed by atoms with Crippen LogP contribution in [0.5, 0.6) is 0 Å². The number of rotatable bonds is 4. The monoisotopic (exact) mass is 301 g/mol. The smallest absolute Gasteiger partial charge is 0.253 e. The highest BCUT2D eigenvalue weighted by Crippen LogP contribution is 2.16. The number of para-hydroxylation sites is 1. The largest absolute Gasteiger partial charge is 0.383 e. The van der Waals surface area contributed by atoms with E-state index in [1.807, 2.05) is 6.07 Å². The van der Waals surface area contributed by atoms with E-state index in [1.165, 1.54) is 0 Å². The second kappa shape index (κ2) is 6.58. The van der Waals surface area contributed by atoms with E-state index in [1.54, 1.807) is 24.3 Å². The second-order valence-electron chi connectivity index (χ2n) is 3.97. The Morgan fingerprint density at radius 3 is 2.95 bits per heavy atom. The maximum absolute atomic E-state index is 11.8. The normalized spacial score (nSPS) is 9.86. The summed E-state index contributed by atoms with van der Waals surface area (Å²) in [5.74, 6) is -0.184. The predicted molar refractivity (Wildman–Crippen MR) is 79.8 cm³/mol. The highest BCUT2D eigenvalue weighted by atomic mass is 32.2. The van der Waals surface area contributed by atoms with Crippen molar-refractivity contribution in [3.63, 3.8) is 0 Å². The van der Waals surface area contributed by atoms with Crippen LogP contribution in [0.15, 0.2) is 40.3 Å². The Bertz CT molecular complexity index is 766. The lowest BCUT2D eigenvalue weighted by atomic mass is 10.2. The number of aromatic amines is 1. The predicted octanol–water partition coefficient (Wildman–Crippen LogP) is 0.955. The van der Waals surface area contributed by atoms with Gasteiger partial charge in [-0.05, 0) is 12.1 Å². The average molecular weight is 301 g/mol. The minimum atomic E-state index is -0.375. The number of hydrogen-bond acceptors (Lipinski definition) is 6. The molecule has 0 aliphatic carbocycles. The number of anilines is 2. The fourth-order valence-corrected chi connectivity index (χ4v) is 2.21. The summed E-state index contributed by atoms with van der Waals surface area (Å²) >= 11 is 1.05. The Morgan fingerprint density at radius 2 is 2.24 bits per heavy atom. The first-order valence-corrected chi connectivity index (χ1v) is 6.85. The Balaban J connectivity index is 1.99. The van der Waals surface area contributed by atoms with Crippen molar-refractivity contribution in [1.82, 2.24) is 9.97 Å². The molecule has 7 nitrogen and oxygen atoms in total. The zero-order valence-corrected chi connectivity index (χ0v) is 11.6. The molecule has 8 heteroatoms. The molecule has 0 radical (unpaired) electrons. The molecular formula is C13H11N5O2S. The Hall–Kier alpha value is -2.79. The van der Waals surface area contributed by atoms with Gasteiger partial charge in [-0.25, -0.2) is 4.98 Å². The van der Waals surface area contributed by atoms with Gasteiger partial charge in [0.1, 0.15) is 11.9 Å². The van der Waals surface area contributed by atoms with E-state index >= 15 is 0 Å². The van der Waals surface area contributed by atoms with Crippen molar-refractivity contribution < 1.29 is 4.79 Å². The van der Waals surface area contributed by atoms with Crippen molar-refractivity contribution in [2.75, 3.05) is 16.8 Å². The molecule has 21 heavy (non-hydrogen) atoms. The summed E-state index contributed by atoms with van der Waals surface area (Å²) in [5, 5.41) is 11.8. The maximum atomic E-state index is 11.8. The Morgan fingerprint density at radius 1 is 1.48 bits per heavy atom.